The van der Waals surface area contributed by atoms with Gasteiger partial charge in [-0.05, 0) is 13.8 Å². The Labute approximate surface area is 86.3 Å². The van der Waals surface area contributed by atoms with Crippen molar-refractivity contribution in [3.63, 3.8) is 0 Å². The molecule has 0 aliphatic heterocycles. The Kier molecular flexibility index (Phi) is 5.58. The lowest BCUT2D eigenvalue weighted by atomic mass is 10.2. The minimum Gasteiger partial charge on any atom is -1.00 e. The van der Waals surface area contributed by atoms with E-state index in [1.807, 2.05) is 13.8 Å². The highest BCUT2D eigenvalue weighted by atomic mass is 127. The molecule has 0 fully saturated rings. The van der Waals surface area contributed by atoms with Crippen LogP contribution in [-0.4, -0.2) is 37.0 Å². The second-order valence-corrected chi connectivity index (χ2v) is 5.19. The zero-order valence-corrected chi connectivity index (χ0v) is 10.3. The van der Waals surface area contributed by atoms with Gasteiger partial charge < -0.3 is 28.5 Å². The summed E-state index contributed by atoms with van der Waals surface area (Å²) in [5.74, 6) is 0. The average molecular weight is 278 g/mol. The minimum absolute atomic E-state index is 0. The third kappa shape index (κ3) is 11.7. The predicted octanol–water partition coefficient (Wildman–Crippen LogP) is -1.29. The largest absolute Gasteiger partial charge is 1.00 e. The van der Waals surface area contributed by atoms with Crippen LogP contribution in [0.5, 0.6) is 0 Å². The molecule has 0 rings (SSSR count). The topological polar surface area (TPSA) is 0 Å². The predicted molar refractivity (Wildman–Crippen MR) is 42.8 cm³/mol. The molecule has 0 N–H and O–H groups in total. The van der Waals surface area contributed by atoms with Crippen LogP contribution in [0.4, 0.5) is 0 Å². The Bertz CT molecular complexity index is 78.8. The van der Waals surface area contributed by atoms with Gasteiger partial charge in [0.2, 0.25) is 0 Å². The Hall–Kier alpha value is 0.980. The van der Waals surface area contributed by atoms with Crippen molar-refractivity contribution in [2.45, 2.75) is 18.7 Å². The molecule has 0 radical (unpaired) electrons. The molecule has 0 unspecified atom stereocenters. The molecule has 0 aliphatic carbocycles. The number of quaternary nitrogens is 1. The molecule has 0 amide bonds. The Morgan fingerprint density at radius 2 is 1.50 bits per heavy atom. The highest BCUT2D eigenvalue weighted by Gasteiger charge is 2.22. The first-order chi connectivity index (χ1) is 3.71. The standard InChI is InChI=1S/C7H17ClN.HI/c1-7(2,8)6-9(3,4)5;/h6H2,1-5H3;1H/q+1;/p-1. The van der Waals surface area contributed by atoms with E-state index in [2.05, 4.69) is 21.1 Å². The van der Waals surface area contributed by atoms with E-state index >= 15 is 0 Å². The first-order valence-corrected chi connectivity index (χ1v) is 3.58. The molecule has 10 heavy (non-hydrogen) atoms. The average Bonchev–Trinajstić information content (AvgIpc) is 1.14. The van der Waals surface area contributed by atoms with Crippen LogP contribution >= 0.6 is 11.6 Å². The van der Waals surface area contributed by atoms with Crippen molar-refractivity contribution in [2.24, 2.45) is 0 Å². The smallest absolute Gasteiger partial charge is 0.0969 e. The number of nitrogens with zero attached hydrogens (tertiary/aromatic N) is 1. The van der Waals surface area contributed by atoms with Gasteiger partial charge in [0.1, 0.15) is 0 Å². The minimum atomic E-state index is -0.0712. The molecule has 64 valence electrons. The Morgan fingerprint density at radius 1 is 1.20 bits per heavy atom. The van der Waals surface area contributed by atoms with Crippen molar-refractivity contribution in [2.75, 3.05) is 27.7 Å². The van der Waals surface area contributed by atoms with Crippen LogP contribution < -0.4 is 24.0 Å². The van der Waals surface area contributed by atoms with E-state index in [1.165, 1.54) is 0 Å². The quantitative estimate of drug-likeness (QED) is 0.335. The lowest BCUT2D eigenvalue weighted by Crippen LogP contribution is -3.00. The molecule has 0 spiro atoms. The fourth-order valence-electron chi connectivity index (χ4n) is 1.13. The Balaban J connectivity index is 0. The number of alkyl halides is 1. The molecule has 0 saturated heterocycles. The summed E-state index contributed by atoms with van der Waals surface area (Å²) in [6.45, 7) is 5.07. The zero-order chi connectivity index (χ0) is 7.71. The third-order valence-electron chi connectivity index (χ3n) is 0.850. The SMILES string of the molecule is CC(C)(Cl)C[N+](C)(C)C.[I-]. The van der Waals surface area contributed by atoms with Gasteiger partial charge in [-0.25, -0.2) is 0 Å². The van der Waals surface area contributed by atoms with E-state index in [4.69, 9.17) is 11.6 Å². The van der Waals surface area contributed by atoms with Crippen LogP contribution in [-0.2, 0) is 0 Å². The van der Waals surface area contributed by atoms with Crippen LogP contribution in [0.25, 0.3) is 0 Å². The number of hydrogen-bond acceptors (Lipinski definition) is 0. The molecule has 0 atom stereocenters. The van der Waals surface area contributed by atoms with Crippen molar-refractivity contribution < 1.29 is 28.5 Å². The van der Waals surface area contributed by atoms with Gasteiger partial charge in [-0.2, -0.15) is 0 Å². The summed E-state index contributed by atoms with van der Waals surface area (Å²) in [7, 11) is 6.43. The van der Waals surface area contributed by atoms with Gasteiger partial charge in [-0.3, -0.25) is 0 Å². The lowest BCUT2D eigenvalue weighted by Gasteiger charge is -2.29. The molecule has 0 bridgehead atoms. The maximum atomic E-state index is 6.00. The van der Waals surface area contributed by atoms with E-state index in [1.54, 1.807) is 0 Å². The molecule has 0 saturated carbocycles. The van der Waals surface area contributed by atoms with E-state index in [9.17, 15) is 0 Å². The summed E-state index contributed by atoms with van der Waals surface area (Å²) in [5.41, 5.74) is 0. The molecule has 0 heterocycles. The van der Waals surface area contributed by atoms with Gasteiger partial charge in [-0.1, -0.05) is 0 Å². The molecule has 1 nitrogen and oxygen atoms in total. The lowest BCUT2D eigenvalue weighted by molar-refractivity contribution is -0.872. The van der Waals surface area contributed by atoms with Crippen molar-refractivity contribution in [3.8, 4) is 0 Å². The zero-order valence-electron chi connectivity index (χ0n) is 7.41. The second kappa shape index (κ2) is 4.12. The van der Waals surface area contributed by atoms with E-state index < -0.39 is 0 Å². The molecular formula is C7H17ClIN. The molecule has 0 aromatic heterocycles. The van der Waals surface area contributed by atoms with Crippen molar-refractivity contribution >= 4 is 11.6 Å². The molecule has 3 heteroatoms. The summed E-state index contributed by atoms with van der Waals surface area (Å²) in [5, 5.41) is 0. The fourth-order valence-corrected chi connectivity index (χ4v) is 1.49. The summed E-state index contributed by atoms with van der Waals surface area (Å²) >= 11 is 6.00. The molecule has 0 aliphatic rings. The van der Waals surface area contributed by atoms with Crippen LogP contribution in [0.1, 0.15) is 13.8 Å². The third-order valence-corrected chi connectivity index (χ3v) is 0.970. The number of rotatable bonds is 2. The first-order valence-electron chi connectivity index (χ1n) is 3.20. The van der Waals surface area contributed by atoms with Crippen LogP contribution in [0.3, 0.4) is 0 Å². The van der Waals surface area contributed by atoms with E-state index in [0.717, 1.165) is 11.0 Å². The van der Waals surface area contributed by atoms with Gasteiger partial charge >= 0.3 is 0 Å². The summed E-state index contributed by atoms with van der Waals surface area (Å²) < 4.78 is 0.927. The second-order valence-electron chi connectivity index (χ2n) is 4.17. The van der Waals surface area contributed by atoms with Gasteiger partial charge in [-0.15, -0.1) is 11.6 Å². The number of hydrogen-bond donors (Lipinski definition) is 0. The maximum Gasteiger partial charge on any atom is 0.0969 e. The van der Waals surface area contributed by atoms with Crippen LogP contribution in [0.2, 0.25) is 0 Å². The van der Waals surface area contributed by atoms with Crippen LogP contribution in [0, 0.1) is 0 Å². The van der Waals surface area contributed by atoms with Gasteiger partial charge in [0.05, 0.1) is 32.6 Å². The Morgan fingerprint density at radius 3 is 1.50 bits per heavy atom. The monoisotopic (exact) mass is 277 g/mol. The number of halogens is 2. The molecular weight excluding hydrogens is 260 g/mol. The van der Waals surface area contributed by atoms with Crippen molar-refractivity contribution in [1.82, 2.24) is 0 Å². The summed E-state index contributed by atoms with van der Waals surface area (Å²) in [6.07, 6.45) is 0. The molecule has 0 aromatic carbocycles. The molecule has 0 aromatic rings. The van der Waals surface area contributed by atoms with Crippen LogP contribution in [0.15, 0.2) is 0 Å². The first kappa shape index (κ1) is 13.6. The van der Waals surface area contributed by atoms with E-state index in [0.29, 0.717) is 0 Å². The van der Waals surface area contributed by atoms with Crippen molar-refractivity contribution in [1.29, 1.82) is 0 Å². The van der Waals surface area contributed by atoms with Crippen molar-refractivity contribution in [3.05, 3.63) is 0 Å². The van der Waals surface area contributed by atoms with Gasteiger partial charge in [0.15, 0.2) is 0 Å². The van der Waals surface area contributed by atoms with Gasteiger partial charge in [0.25, 0.3) is 0 Å². The highest BCUT2D eigenvalue weighted by molar-refractivity contribution is 6.23. The summed E-state index contributed by atoms with van der Waals surface area (Å²) in [4.78, 5) is -0.0712. The fraction of sp³-hybridized carbons (Fsp3) is 1.00. The maximum absolute atomic E-state index is 6.00. The summed E-state index contributed by atoms with van der Waals surface area (Å²) in [6, 6.07) is 0. The normalized spacial score (nSPS) is 12.6. The highest BCUT2D eigenvalue weighted by Crippen LogP contribution is 2.15. The van der Waals surface area contributed by atoms with Gasteiger partial charge in [0, 0.05) is 0 Å². The van der Waals surface area contributed by atoms with E-state index in [-0.39, 0.29) is 28.9 Å².